The van der Waals surface area contributed by atoms with Crippen molar-refractivity contribution >= 4 is 26.0 Å². The van der Waals surface area contributed by atoms with Gasteiger partial charge in [0.25, 0.3) is 0 Å². The Kier molecular flexibility index (Phi) is 3.34. The molecule has 0 bridgehead atoms. The van der Waals surface area contributed by atoms with Crippen molar-refractivity contribution in [3.8, 4) is 0 Å². The van der Waals surface area contributed by atoms with Gasteiger partial charge in [0.15, 0.2) is 0 Å². The Morgan fingerprint density at radius 2 is 2.00 bits per heavy atom. The molecule has 0 aliphatic rings. The zero-order valence-corrected chi connectivity index (χ0v) is 9.26. The second kappa shape index (κ2) is 4.12. The highest BCUT2D eigenvalue weighted by Gasteiger charge is 2.02. The Balaban J connectivity index is 2.61. The van der Waals surface area contributed by atoms with Crippen LogP contribution in [0, 0.1) is 0 Å². The number of nitrogens with zero attached hydrogens (tertiary/aromatic N) is 2. The number of hydrogen-bond donors (Lipinski definition) is 1. The van der Waals surface area contributed by atoms with Gasteiger partial charge in [-0.1, -0.05) is 0 Å². The molecular weight excluding hydrogens is 258 g/mol. The van der Waals surface area contributed by atoms with Crippen LogP contribution in [-0.4, -0.2) is 24.6 Å². The molecule has 5 nitrogen and oxygen atoms in total. The van der Waals surface area contributed by atoms with Gasteiger partial charge in [0.05, 0.1) is 17.3 Å². The van der Waals surface area contributed by atoms with E-state index in [0.717, 1.165) is 10.7 Å². The molecule has 1 aromatic rings. The fourth-order valence-corrected chi connectivity index (χ4v) is 1.22. The Bertz CT molecular complexity index is 375. The minimum atomic E-state index is -3.17. The predicted octanol–water partition coefficient (Wildman–Crippen LogP) is 0.288. The lowest BCUT2D eigenvalue weighted by atomic mass is 10.6. The molecule has 1 N–H and O–H groups in total. The van der Waals surface area contributed by atoms with Crippen LogP contribution < -0.4 is 4.72 Å². The molecule has 1 heterocycles. The van der Waals surface area contributed by atoms with Crippen LogP contribution in [0.3, 0.4) is 0 Å². The average Bonchev–Trinajstić information content (AvgIpc) is 2.02. The summed E-state index contributed by atoms with van der Waals surface area (Å²) in [6, 6.07) is 0. The molecule has 7 heteroatoms. The van der Waals surface area contributed by atoms with Crippen LogP contribution in [-0.2, 0) is 16.6 Å². The van der Waals surface area contributed by atoms with Gasteiger partial charge >= 0.3 is 0 Å². The molecule has 1 rings (SSSR count). The summed E-state index contributed by atoms with van der Waals surface area (Å²) >= 11 is 3.17. The lowest BCUT2D eigenvalue weighted by Gasteiger charge is -1.99. The van der Waals surface area contributed by atoms with Gasteiger partial charge in [-0.2, -0.15) is 0 Å². The Hall–Kier alpha value is -0.530. The minimum absolute atomic E-state index is 0.117. The number of rotatable bonds is 3. The van der Waals surface area contributed by atoms with Crippen molar-refractivity contribution in [2.45, 2.75) is 6.54 Å². The maximum atomic E-state index is 10.7. The zero-order valence-electron chi connectivity index (χ0n) is 6.86. The summed E-state index contributed by atoms with van der Waals surface area (Å²) in [5.41, 5.74) is 0. The van der Waals surface area contributed by atoms with E-state index in [1.165, 1.54) is 0 Å². The minimum Gasteiger partial charge on any atom is -0.239 e. The lowest BCUT2D eigenvalue weighted by Crippen LogP contribution is -2.22. The molecule has 0 aromatic carbocycles. The summed E-state index contributed by atoms with van der Waals surface area (Å²) in [4.78, 5) is 7.79. The zero-order chi connectivity index (χ0) is 9.90. The Labute approximate surface area is 84.8 Å². The van der Waals surface area contributed by atoms with Crippen molar-refractivity contribution in [1.29, 1.82) is 0 Å². The normalized spacial score (nSPS) is 11.5. The molecule has 0 amide bonds. The molecule has 1 aromatic heterocycles. The topological polar surface area (TPSA) is 72.0 Å². The molecular formula is C6H8BrN3O2S. The predicted molar refractivity (Wildman–Crippen MR) is 51.4 cm³/mol. The van der Waals surface area contributed by atoms with E-state index in [-0.39, 0.29) is 6.54 Å². The molecule has 0 spiro atoms. The SMILES string of the molecule is CS(=O)(=O)NCc1ncc(Br)cn1. The average molecular weight is 266 g/mol. The summed E-state index contributed by atoms with van der Waals surface area (Å²) in [6.07, 6.45) is 4.21. The van der Waals surface area contributed by atoms with E-state index < -0.39 is 10.0 Å². The first-order valence-corrected chi connectivity index (χ1v) is 6.07. The summed E-state index contributed by atoms with van der Waals surface area (Å²) in [5.74, 6) is 0.439. The first kappa shape index (κ1) is 10.6. The number of aromatic nitrogens is 2. The molecule has 72 valence electrons. The van der Waals surface area contributed by atoms with Crippen molar-refractivity contribution in [3.63, 3.8) is 0 Å². The number of sulfonamides is 1. The van der Waals surface area contributed by atoms with E-state index in [1.807, 2.05) is 0 Å². The summed E-state index contributed by atoms with van der Waals surface area (Å²) in [5, 5.41) is 0. The van der Waals surface area contributed by atoms with E-state index in [9.17, 15) is 8.42 Å². The van der Waals surface area contributed by atoms with Gasteiger partial charge in [-0.05, 0) is 15.9 Å². The first-order chi connectivity index (χ1) is 5.97. The highest BCUT2D eigenvalue weighted by Crippen LogP contribution is 2.03. The van der Waals surface area contributed by atoms with Crippen molar-refractivity contribution in [1.82, 2.24) is 14.7 Å². The number of hydrogen-bond acceptors (Lipinski definition) is 4. The van der Waals surface area contributed by atoms with Crippen LogP contribution in [0.2, 0.25) is 0 Å². The monoisotopic (exact) mass is 265 g/mol. The van der Waals surface area contributed by atoms with Gasteiger partial charge in [0.2, 0.25) is 10.0 Å². The van der Waals surface area contributed by atoms with Crippen molar-refractivity contribution in [2.75, 3.05) is 6.26 Å². The van der Waals surface area contributed by atoms with Crippen molar-refractivity contribution < 1.29 is 8.42 Å². The molecule has 0 aliphatic carbocycles. The van der Waals surface area contributed by atoms with Crippen molar-refractivity contribution in [2.24, 2.45) is 0 Å². The maximum absolute atomic E-state index is 10.7. The number of halogens is 1. The fourth-order valence-electron chi connectivity index (χ4n) is 0.626. The highest BCUT2D eigenvalue weighted by molar-refractivity contribution is 9.10. The summed E-state index contributed by atoms with van der Waals surface area (Å²) < 4.78 is 24.4. The number of nitrogens with one attached hydrogen (secondary N) is 1. The third-order valence-corrected chi connectivity index (χ3v) is 2.24. The maximum Gasteiger partial charge on any atom is 0.209 e. The lowest BCUT2D eigenvalue weighted by molar-refractivity contribution is 0.585. The van der Waals surface area contributed by atoms with Crippen LogP contribution in [0.15, 0.2) is 16.9 Å². The standard InChI is InChI=1S/C6H8BrN3O2S/c1-13(11,12)10-4-6-8-2-5(7)3-9-6/h2-3,10H,4H2,1H3. The third-order valence-electron chi connectivity index (χ3n) is 1.17. The van der Waals surface area contributed by atoms with E-state index in [4.69, 9.17) is 0 Å². The van der Waals surface area contributed by atoms with Gasteiger partial charge < -0.3 is 0 Å². The second-order valence-electron chi connectivity index (χ2n) is 2.41. The smallest absolute Gasteiger partial charge is 0.209 e. The van der Waals surface area contributed by atoms with Gasteiger partial charge in [-0.3, -0.25) is 0 Å². The highest BCUT2D eigenvalue weighted by atomic mass is 79.9. The van der Waals surface area contributed by atoms with Crippen LogP contribution in [0.5, 0.6) is 0 Å². The van der Waals surface area contributed by atoms with Crippen LogP contribution >= 0.6 is 15.9 Å². The van der Waals surface area contributed by atoms with Crippen LogP contribution in [0.1, 0.15) is 5.82 Å². The van der Waals surface area contributed by atoms with E-state index in [1.54, 1.807) is 12.4 Å². The fraction of sp³-hybridized carbons (Fsp3) is 0.333. The molecule has 0 fully saturated rings. The Morgan fingerprint density at radius 3 is 2.46 bits per heavy atom. The van der Waals surface area contributed by atoms with E-state index in [0.29, 0.717) is 5.82 Å². The van der Waals surface area contributed by atoms with Gasteiger partial charge in [-0.25, -0.2) is 23.1 Å². The van der Waals surface area contributed by atoms with Crippen LogP contribution in [0.4, 0.5) is 0 Å². The largest absolute Gasteiger partial charge is 0.239 e. The summed E-state index contributed by atoms with van der Waals surface area (Å²) in [7, 11) is -3.17. The van der Waals surface area contributed by atoms with E-state index >= 15 is 0 Å². The molecule has 0 aliphatic heterocycles. The van der Waals surface area contributed by atoms with Gasteiger partial charge in [-0.15, -0.1) is 0 Å². The molecule has 0 atom stereocenters. The quantitative estimate of drug-likeness (QED) is 0.853. The summed E-state index contributed by atoms with van der Waals surface area (Å²) in [6.45, 7) is 0.117. The van der Waals surface area contributed by atoms with Gasteiger partial charge in [0, 0.05) is 12.4 Å². The first-order valence-electron chi connectivity index (χ1n) is 3.38. The molecule has 13 heavy (non-hydrogen) atoms. The van der Waals surface area contributed by atoms with Crippen molar-refractivity contribution in [3.05, 3.63) is 22.7 Å². The van der Waals surface area contributed by atoms with Gasteiger partial charge in [0.1, 0.15) is 5.82 Å². The van der Waals surface area contributed by atoms with Crippen LogP contribution in [0.25, 0.3) is 0 Å². The molecule has 0 saturated carbocycles. The third kappa shape index (κ3) is 4.30. The molecule has 0 radical (unpaired) electrons. The molecule has 0 unspecified atom stereocenters. The van der Waals surface area contributed by atoms with E-state index in [2.05, 4.69) is 30.6 Å². The molecule has 0 saturated heterocycles. The Morgan fingerprint density at radius 1 is 1.46 bits per heavy atom. The second-order valence-corrected chi connectivity index (χ2v) is 5.16.